The number of ether oxygens (including phenoxy) is 1. The van der Waals surface area contributed by atoms with Crippen molar-refractivity contribution in [1.29, 1.82) is 0 Å². The second kappa shape index (κ2) is 10.7. The molecule has 1 aliphatic carbocycles. The fourth-order valence-corrected chi connectivity index (χ4v) is 4.39. The van der Waals surface area contributed by atoms with Gasteiger partial charge in [0, 0.05) is 29.6 Å². The molecule has 2 aromatic rings. The molecule has 0 spiro atoms. The Hall–Kier alpha value is -2.71. The van der Waals surface area contributed by atoms with Gasteiger partial charge in [-0.1, -0.05) is 12.1 Å². The standard InChI is InChI=1S/C24H31N3O4S/c1-5-31-24(30)19-13-17(4)32-23(19)26-21(28)10-11-27(18-8-9-18)14-22(29)25-20-12-15(2)6-7-16(20)3/h6-7,12-13,18H,5,8-11,14H2,1-4H3,(H,25,29)(H,26,28). The van der Waals surface area contributed by atoms with Gasteiger partial charge in [0.25, 0.3) is 0 Å². The molecule has 32 heavy (non-hydrogen) atoms. The van der Waals surface area contributed by atoms with Gasteiger partial charge in [0.1, 0.15) is 5.00 Å². The highest BCUT2D eigenvalue weighted by Gasteiger charge is 2.30. The summed E-state index contributed by atoms with van der Waals surface area (Å²) in [5, 5.41) is 6.35. The third-order valence-electron chi connectivity index (χ3n) is 5.31. The van der Waals surface area contributed by atoms with E-state index < -0.39 is 5.97 Å². The van der Waals surface area contributed by atoms with Crippen LogP contribution in [0.3, 0.4) is 0 Å². The number of carbonyl (C=O) groups is 3. The third-order valence-corrected chi connectivity index (χ3v) is 6.27. The summed E-state index contributed by atoms with van der Waals surface area (Å²) < 4.78 is 5.07. The number of thiophene rings is 1. The molecule has 2 N–H and O–H groups in total. The average Bonchev–Trinajstić information content (AvgIpc) is 3.51. The van der Waals surface area contributed by atoms with E-state index >= 15 is 0 Å². The largest absolute Gasteiger partial charge is 0.462 e. The summed E-state index contributed by atoms with van der Waals surface area (Å²) in [7, 11) is 0. The van der Waals surface area contributed by atoms with Gasteiger partial charge in [-0.3, -0.25) is 14.5 Å². The van der Waals surface area contributed by atoms with Gasteiger partial charge in [0.15, 0.2) is 0 Å². The van der Waals surface area contributed by atoms with Crippen molar-refractivity contribution in [3.8, 4) is 0 Å². The average molecular weight is 458 g/mol. The van der Waals surface area contributed by atoms with Gasteiger partial charge in [0.2, 0.25) is 11.8 Å². The minimum atomic E-state index is -0.435. The Morgan fingerprint density at radius 2 is 1.84 bits per heavy atom. The molecule has 1 saturated carbocycles. The van der Waals surface area contributed by atoms with Gasteiger partial charge >= 0.3 is 5.97 Å². The van der Waals surface area contributed by atoms with Crippen LogP contribution in [0.15, 0.2) is 24.3 Å². The normalized spacial score (nSPS) is 13.2. The Morgan fingerprint density at radius 3 is 2.53 bits per heavy atom. The Kier molecular flexibility index (Phi) is 8.04. The van der Waals surface area contributed by atoms with Crippen LogP contribution in [-0.2, 0) is 14.3 Å². The number of benzene rings is 1. The Balaban J connectivity index is 1.55. The Morgan fingerprint density at radius 1 is 1.09 bits per heavy atom. The highest BCUT2D eigenvalue weighted by atomic mass is 32.1. The molecule has 0 bridgehead atoms. The van der Waals surface area contributed by atoms with Crippen molar-refractivity contribution < 1.29 is 19.1 Å². The first-order valence-electron chi connectivity index (χ1n) is 11.0. The molecule has 0 radical (unpaired) electrons. The number of anilines is 2. The number of hydrogen-bond acceptors (Lipinski definition) is 6. The van der Waals surface area contributed by atoms with E-state index in [0.717, 1.165) is 34.5 Å². The molecule has 1 aliphatic rings. The fourth-order valence-electron chi connectivity index (χ4n) is 3.48. The molecular weight excluding hydrogens is 426 g/mol. The van der Waals surface area contributed by atoms with E-state index in [4.69, 9.17) is 4.74 Å². The molecule has 1 aromatic carbocycles. The van der Waals surface area contributed by atoms with E-state index in [0.29, 0.717) is 23.2 Å². The lowest BCUT2D eigenvalue weighted by Crippen LogP contribution is -2.37. The lowest BCUT2D eigenvalue weighted by atomic mass is 10.1. The topological polar surface area (TPSA) is 87.7 Å². The number of aryl methyl sites for hydroxylation is 3. The molecule has 0 atom stereocenters. The summed E-state index contributed by atoms with van der Waals surface area (Å²) in [4.78, 5) is 40.3. The maximum Gasteiger partial charge on any atom is 0.341 e. The molecule has 172 valence electrons. The zero-order chi connectivity index (χ0) is 23.3. The van der Waals surface area contributed by atoms with Crippen molar-refractivity contribution in [2.45, 2.75) is 53.0 Å². The third kappa shape index (κ3) is 6.64. The minimum Gasteiger partial charge on any atom is -0.462 e. The number of hydrogen-bond donors (Lipinski definition) is 2. The van der Waals surface area contributed by atoms with Crippen molar-refractivity contribution in [1.82, 2.24) is 4.90 Å². The SMILES string of the molecule is CCOC(=O)c1cc(C)sc1NC(=O)CCN(CC(=O)Nc1cc(C)ccc1C)C1CC1. The highest BCUT2D eigenvalue weighted by molar-refractivity contribution is 7.16. The van der Waals surface area contributed by atoms with Crippen molar-refractivity contribution in [2.75, 3.05) is 30.3 Å². The molecule has 8 heteroatoms. The summed E-state index contributed by atoms with van der Waals surface area (Å²) in [5.74, 6) is -0.697. The first kappa shape index (κ1) is 23.9. The number of nitrogens with one attached hydrogen (secondary N) is 2. The fraction of sp³-hybridized carbons (Fsp3) is 0.458. The summed E-state index contributed by atoms with van der Waals surface area (Å²) >= 11 is 1.35. The summed E-state index contributed by atoms with van der Waals surface area (Å²) in [6, 6.07) is 8.04. The van der Waals surface area contributed by atoms with Gasteiger partial charge in [-0.05, 0) is 63.8 Å². The quantitative estimate of drug-likeness (QED) is 0.520. The van der Waals surface area contributed by atoms with E-state index in [1.807, 2.05) is 39.0 Å². The van der Waals surface area contributed by atoms with Gasteiger partial charge in [0.05, 0.1) is 18.7 Å². The van der Waals surface area contributed by atoms with Crippen LogP contribution in [0.5, 0.6) is 0 Å². The molecule has 7 nitrogen and oxygen atoms in total. The lowest BCUT2D eigenvalue weighted by Gasteiger charge is -2.21. The second-order valence-corrected chi connectivity index (χ2v) is 9.44. The zero-order valence-corrected chi connectivity index (χ0v) is 19.9. The van der Waals surface area contributed by atoms with Crippen LogP contribution in [0.2, 0.25) is 0 Å². The van der Waals surface area contributed by atoms with Crippen LogP contribution in [-0.4, -0.2) is 48.4 Å². The van der Waals surface area contributed by atoms with Crippen LogP contribution < -0.4 is 10.6 Å². The molecular formula is C24H31N3O4S. The summed E-state index contributed by atoms with van der Waals surface area (Å²) in [6.07, 6.45) is 2.32. The predicted molar refractivity (Wildman–Crippen MR) is 127 cm³/mol. The lowest BCUT2D eigenvalue weighted by molar-refractivity contribution is -0.119. The molecule has 1 heterocycles. The molecule has 0 saturated heterocycles. The van der Waals surface area contributed by atoms with Crippen LogP contribution in [0.25, 0.3) is 0 Å². The number of carbonyl (C=O) groups excluding carboxylic acids is 3. The van der Waals surface area contributed by atoms with E-state index in [9.17, 15) is 14.4 Å². The number of esters is 1. The minimum absolute atomic E-state index is 0.0792. The van der Waals surface area contributed by atoms with E-state index in [1.54, 1.807) is 13.0 Å². The van der Waals surface area contributed by atoms with Crippen LogP contribution >= 0.6 is 11.3 Å². The molecule has 1 fully saturated rings. The molecule has 2 amide bonds. The summed E-state index contributed by atoms with van der Waals surface area (Å²) in [5.41, 5.74) is 3.32. The molecule has 3 rings (SSSR count). The van der Waals surface area contributed by atoms with Gasteiger partial charge < -0.3 is 15.4 Å². The Labute approximate surface area is 193 Å². The van der Waals surface area contributed by atoms with E-state index in [-0.39, 0.29) is 31.4 Å². The first-order chi connectivity index (χ1) is 15.3. The predicted octanol–water partition coefficient (Wildman–Crippen LogP) is 4.28. The maximum absolute atomic E-state index is 12.6. The van der Waals surface area contributed by atoms with Gasteiger partial charge in [-0.2, -0.15) is 0 Å². The number of amides is 2. The van der Waals surface area contributed by atoms with Crippen molar-refractivity contribution in [2.24, 2.45) is 0 Å². The monoisotopic (exact) mass is 457 g/mol. The molecule has 1 aromatic heterocycles. The van der Waals surface area contributed by atoms with E-state index in [1.165, 1.54) is 11.3 Å². The van der Waals surface area contributed by atoms with Crippen LogP contribution in [0, 0.1) is 20.8 Å². The van der Waals surface area contributed by atoms with Gasteiger partial charge in [-0.25, -0.2) is 4.79 Å². The summed E-state index contributed by atoms with van der Waals surface area (Å²) in [6.45, 7) is 8.60. The Bertz CT molecular complexity index is 997. The molecule has 0 unspecified atom stereocenters. The van der Waals surface area contributed by atoms with Crippen molar-refractivity contribution >= 4 is 39.8 Å². The maximum atomic E-state index is 12.6. The van der Waals surface area contributed by atoms with E-state index in [2.05, 4.69) is 15.5 Å². The van der Waals surface area contributed by atoms with Crippen LogP contribution in [0.1, 0.15) is 52.5 Å². The smallest absolute Gasteiger partial charge is 0.341 e. The number of nitrogens with zero attached hydrogens (tertiary/aromatic N) is 1. The van der Waals surface area contributed by atoms with Crippen molar-refractivity contribution in [3.05, 3.63) is 45.8 Å². The first-order valence-corrected chi connectivity index (χ1v) is 11.8. The number of rotatable bonds is 10. The molecule has 0 aliphatic heterocycles. The van der Waals surface area contributed by atoms with Crippen molar-refractivity contribution in [3.63, 3.8) is 0 Å². The zero-order valence-electron chi connectivity index (χ0n) is 19.1. The van der Waals surface area contributed by atoms with Gasteiger partial charge in [-0.15, -0.1) is 11.3 Å². The van der Waals surface area contributed by atoms with Crippen LogP contribution in [0.4, 0.5) is 10.7 Å². The highest BCUT2D eigenvalue weighted by Crippen LogP contribution is 2.29. The second-order valence-electron chi connectivity index (χ2n) is 8.19.